The van der Waals surface area contributed by atoms with E-state index in [2.05, 4.69) is 25.5 Å². The Bertz CT molecular complexity index is 1070. The summed E-state index contributed by atoms with van der Waals surface area (Å²) in [6.07, 6.45) is 2.97. The number of nitrogens with zero attached hydrogens (tertiary/aromatic N) is 3. The Morgan fingerprint density at radius 3 is 2.84 bits per heavy atom. The lowest BCUT2D eigenvalue weighted by molar-refractivity contribution is 0.0378. The van der Waals surface area contributed by atoms with Gasteiger partial charge in [-0.1, -0.05) is 18.2 Å². The molecule has 4 rings (SSSR count). The minimum absolute atomic E-state index is 0.167. The van der Waals surface area contributed by atoms with E-state index < -0.39 is 0 Å². The van der Waals surface area contributed by atoms with E-state index in [1.54, 1.807) is 18.2 Å². The molecular weight excluding hydrogens is 429 g/mol. The Balaban J connectivity index is 1.36. The van der Waals surface area contributed by atoms with Gasteiger partial charge in [-0.05, 0) is 43.5 Å². The van der Waals surface area contributed by atoms with Crippen LogP contribution in [-0.2, 0) is 11.2 Å². The van der Waals surface area contributed by atoms with Crippen molar-refractivity contribution in [3.8, 4) is 0 Å². The standard InChI is InChI=1S/C23H28FN5O2S/c1-16-19-21(25-8-4-10-29-11-13-31-14-12-29)27-15-28-23(19)32-20(16)22(30)26-9-7-17-5-2-3-6-18(17)24/h2-3,5-6,15H,4,7-14H2,1H3,(H,26,30)(H,25,27,28). The number of nitrogens with one attached hydrogen (secondary N) is 2. The van der Waals surface area contributed by atoms with Gasteiger partial charge in [-0.2, -0.15) is 0 Å². The summed E-state index contributed by atoms with van der Waals surface area (Å²) < 4.78 is 19.2. The van der Waals surface area contributed by atoms with Crippen molar-refractivity contribution in [2.24, 2.45) is 0 Å². The van der Waals surface area contributed by atoms with Crippen LogP contribution in [0, 0.1) is 12.7 Å². The third kappa shape index (κ3) is 5.40. The molecule has 1 amide bonds. The quantitative estimate of drug-likeness (QED) is 0.480. The first kappa shape index (κ1) is 22.6. The first-order chi connectivity index (χ1) is 15.6. The number of carbonyl (C=O) groups is 1. The number of fused-ring (bicyclic) bond motifs is 1. The highest BCUT2D eigenvalue weighted by Crippen LogP contribution is 2.33. The Morgan fingerprint density at radius 1 is 1.22 bits per heavy atom. The molecule has 0 aliphatic carbocycles. The molecule has 0 atom stereocenters. The molecule has 0 spiro atoms. The molecule has 32 heavy (non-hydrogen) atoms. The van der Waals surface area contributed by atoms with E-state index in [4.69, 9.17) is 4.74 Å². The summed E-state index contributed by atoms with van der Waals surface area (Å²) in [5.74, 6) is 0.343. The van der Waals surface area contributed by atoms with Crippen molar-refractivity contribution in [2.45, 2.75) is 19.8 Å². The van der Waals surface area contributed by atoms with Crippen molar-refractivity contribution in [1.82, 2.24) is 20.2 Å². The van der Waals surface area contributed by atoms with Crippen LogP contribution in [-0.4, -0.2) is 66.7 Å². The normalized spacial score (nSPS) is 14.6. The molecule has 7 nitrogen and oxygen atoms in total. The van der Waals surface area contributed by atoms with Crippen LogP contribution in [0.3, 0.4) is 0 Å². The smallest absolute Gasteiger partial charge is 0.261 e. The molecule has 3 aromatic rings. The second-order valence-electron chi connectivity index (χ2n) is 7.79. The highest BCUT2D eigenvalue weighted by molar-refractivity contribution is 7.20. The minimum atomic E-state index is -0.251. The molecule has 2 N–H and O–H groups in total. The predicted molar refractivity (Wildman–Crippen MR) is 125 cm³/mol. The highest BCUT2D eigenvalue weighted by atomic mass is 32.1. The van der Waals surface area contributed by atoms with Gasteiger partial charge in [-0.15, -0.1) is 11.3 Å². The first-order valence-corrected chi connectivity index (χ1v) is 11.7. The number of carbonyl (C=O) groups excluding carboxylic acids is 1. The van der Waals surface area contributed by atoms with Crippen molar-refractivity contribution < 1.29 is 13.9 Å². The van der Waals surface area contributed by atoms with Crippen molar-refractivity contribution >= 4 is 33.3 Å². The summed E-state index contributed by atoms with van der Waals surface area (Å²) in [7, 11) is 0. The van der Waals surface area contributed by atoms with Gasteiger partial charge in [0.1, 0.15) is 22.8 Å². The number of ether oxygens (including phenoxy) is 1. The number of aryl methyl sites for hydroxylation is 1. The number of amides is 1. The number of thiophene rings is 1. The largest absolute Gasteiger partial charge is 0.379 e. The van der Waals surface area contributed by atoms with E-state index in [1.807, 2.05) is 6.92 Å². The van der Waals surface area contributed by atoms with Crippen molar-refractivity contribution in [2.75, 3.05) is 51.3 Å². The maximum atomic E-state index is 13.8. The lowest BCUT2D eigenvalue weighted by Crippen LogP contribution is -2.37. The Kier molecular flexibility index (Phi) is 7.62. The molecule has 3 heterocycles. The zero-order valence-corrected chi connectivity index (χ0v) is 19.0. The Labute approximate surface area is 191 Å². The molecule has 1 aromatic carbocycles. The number of benzene rings is 1. The average molecular weight is 458 g/mol. The number of anilines is 1. The first-order valence-electron chi connectivity index (χ1n) is 10.9. The van der Waals surface area contributed by atoms with Crippen LogP contribution in [0.2, 0.25) is 0 Å². The molecule has 0 bridgehead atoms. The van der Waals surface area contributed by atoms with Crippen LogP contribution in [0.4, 0.5) is 10.2 Å². The zero-order chi connectivity index (χ0) is 22.3. The molecule has 0 saturated carbocycles. The Hall–Kier alpha value is -2.62. The van der Waals surface area contributed by atoms with Crippen LogP contribution in [0.15, 0.2) is 30.6 Å². The van der Waals surface area contributed by atoms with E-state index in [0.29, 0.717) is 23.4 Å². The minimum Gasteiger partial charge on any atom is -0.379 e. The molecule has 9 heteroatoms. The molecule has 1 fully saturated rings. The lowest BCUT2D eigenvalue weighted by atomic mass is 10.1. The number of aromatic nitrogens is 2. The van der Waals surface area contributed by atoms with E-state index in [0.717, 1.165) is 67.4 Å². The van der Waals surface area contributed by atoms with Gasteiger partial charge in [0.2, 0.25) is 0 Å². The summed E-state index contributed by atoms with van der Waals surface area (Å²) in [6.45, 7) is 7.68. The fourth-order valence-electron chi connectivity index (χ4n) is 3.85. The van der Waals surface area contributed by atoms with Crippen LogP contribution in [0.25, 0.3) is 10.2 Å². The van der Waals surface area contributed by atoms with Gasteiger partial charge in [-0.3, -0.25) is 9.69 Å². The third-order valence-electron chi connectivity index (χ3n) is 5.62. The molecule has 1 aliphatic rings. The maximum Gasteiger partial charge on any atom is 0.261 e. The molecule has 0 unspecified atom stereocenters. The monoisotopic (exact) mass is 457 g/mol. The van der Waals surface area contributed by atoms with Gasteiger partial charge in [-0.25, -0.2) is 14.4 Å². The molecular formula is C23H28FN5O2S. The summed E-state index contributed by atoms with van der Waals surface area (Å²) >= 11 is 1.36. The van der Waals surface area contributed by atoms with Crippen LogP contribution < -0.4 is 10.6 Å². The molecule has 170 valence electrons. The number of hydrogen-bond donors (Lipinski definition) is 2. The van der Waals surface area contributed by atoms with Gasteiger partial charge in [0, 0.05) is 26.2 Å². The fraction of sp³-hybridized carbons (Fsp3) is 0.435. The second kappa shape index (κ2) is 10.8. The zero-order valence-electron chi connectivity index (χ0n) is 18.2. The van der Waals surface area contributed by atoms with Crippen LogP contribution in [0.5, 0.6) is 0 Å². The summed E-state index contributed by atoms with van der Waals surface area (Å²) in [5, 5.41) is 7.21. The van der Waals surface area contributed by atoms with E-state index in [1.165, 1.54) is 23.7 Å². The summed E-state index contributed by atoms with van der Waals surface area (Å²) in [4.78, 5) is 25.4. The summed E-state index contributed by atoms with van der Waals surface area (Å²) in [5.41, 5.74) is 1.46. The topological polar surface area (TPSA) is 79.4 Å². The molecule has 1 aliphatic heterocycles. The van der Waals surface area contributed by atoms with Gasteiger partial charge < -0.3 is 15.4 Å². The van der Waals surface area contributed by atoms with Crippen LogP contribution >= 0.6 is 11.3 Å². The van der Waals surface area contributed by atoms with E-state index >= 15 is 0 Å². The van der Waals surface area contributed by atoms with Gasteiger partial charge in [0.05, 0.1) is 23.5 Å². The summed E-state index contributed by atoms with van der Waals surface area (Å²) in [6, 6.07) is 6.62. The van der Waals surface area contributed by atoms with Crippen LogP contribution in [0.1, 0.15) is 27.2 Å². The highest BCUT2D eigenvalue weighted by Gasteiger charge is 2.19. The van der Waals surface area contributed by atoms with Gasteiger partial charge in [0.25, 0.3) is 5.91 Å². The molecule has 2 aromatic heterocycles. The Morgan fingerprint density at radius 2 is 2.03 bits per heavy atom. The lowest BCUT2D eigenvalue weighted by Gasteiger charge is -2.26. The van der Waals surface area contributed by atoms with Gasteiger partial charge in [0.15, 0.2) is 0 Å². The SMILES string of the molecule is Cc1c(C(=O)NCCc2ccccc2F)sc2ncnc(NCCCN3CCOCC3)c12. The molecule has 1 saturated heterocycles. The fourth-order valence-corrected chi connectivity index (χ4v) is 4.91. The number of halogens is 1. The predicted octanol–water partition coefficient (Wildman–Crippen LogP) is 3.25. The van der Waals surface area contributed by atoms with Crippen molar-refractivity contribution in [3.63, 3.8) is 0 Å². The van der Waals surface area contributed by atoms with Crippen molar-refractivity contribution in [1.29, 1.82) is 0 Å². The van der Waals surface area contributed by atoms with E-state index in [9.17, 15) is 9.18 Å². The number of rotatable bonds is 9. The molecule has 0 radical (unpaired) electrons. The van der Waals surface area contributed by atoms with E-state index in [-0.39, 0.29) is 11.7 Å². The maximum absolute atomic E-state index is 13.8. The van der Waals surface area contributed by atoms with Gasteiger partial charge >= 0.3 is 0 Å². The number of hydrogen-bond acceptors (Lipinski definition) is 7. The third-order valence-corrected chi connectivity index (χ3v) is 6.82. The van der Waals surface area contributed by atoms with Crippen molar-refractivity contribution in [3.05, 3.63) is 52.4 Å². The average Bonchev–Trinajstić information content (AvgIpc) is 3.16. The second-order valence-corrected chi connectivity index (χ2v) is 8.79. The number of morpholine rings is 1.